The van der Waals surface area contributed by atoms with E-state index < -0.39 is 0 Å². The molecular weight excluding hydrogens is 190 g/mol. The van der Waals surface area contributed by atoms with Crippen molar-refractivity contribution in [3.63, 3.8) is 0 Å². The van der Waals surface area contributed by atoms with Crippen molar-refractivity contribution < 1.29 is 10.2 Å². The molecule has 1 aromatic carbocycles. The molecule has 1 heterocycles. The van der Waals surface area contributed by atoms with Gasteiger partial charge in [0.1, 0.15) is 0 Å². The van der Waals surface area contributed by atoms with Crippen molar-refractivity contribution in [3.8, 4) is 11.5 Å². The minimum atomic E-state index is -0.0152. The summed E-state index contributed by atoms with van der Waals surface area (Å²) in [6.07, 6.45) is 3.10. The van der Waals surface area contributed by atoms with Crippen LogP contribution in [0.15, 0.2) is 12.1 Å². The second kappa shape index (κ2) is 4.11. The summed E-state index contributed by atoms with van der Waals surface area (Å²) in [6, 6.07) is 3.70. The van der Waals surface area contributed by atoms with Gasteiger partial charge in [0.05, 0.1) is 0 Å². The van der Waals surface area contributed by atoms with Gasteiger partial charge < -0.3 is 15.5 Å². The zero-order valence-corrected chi connectivity index (χ0v) is 8.95. The van der Waals surface area contributed by atoms with Crippen LogP contribution >= 0.6 is 0 Å². The predicted molar refractivity (Wildman–Crippen MR) is 59.1 cm³/mol. The Morgan fingerprint density at radius 3 is 2.80 bits per heavy atom. The van der Waals surface area contributed by atoms with Gasteiger partial charge in [-0.05, 0) is 42.6 Å². The molecule has 1 unspecified atom stereocenters. The number of phenols is 2. The lowest BCUT2D eigenvalue weighted by Crippen LogP contribution is -2.29. The van der Waals surface area contributed by atoms with Gasteiger partial charge in [-0.1, -0.05) is 13.3 Å². The standard InChI is InChI=1S/C12H17NO2/c1-2-3-10-9-7-12(15)11(14)6-8(9)4-5-13-10/h6-7,10,13-15H,2-5H2,1H3. The molecule has 1 aromatic rings. The van der Waals surface area contributed by atoms with Crippen LogP contribution in [0, 0.1) is 0 Å². The molecule has 2 rings (SSSR count). The monoisotopic (exact) mass is 207 g/mol. The molecule has 0 radical (unpaired) electrons. The summed E-state index contributed by atoms with van der Waals surface area (Å²) in [6.45, 7) is 3.10. The Bertz CT molecular complexity index is 363. The van der Waals surface area contributed by atoms with Crippen molar-refractivity contribution in [2.45, 2.75) is 32.2 Å². The van der Waals surface area contributed by atoms with Gasteiger partial charge in [-0.25, -0.2) is 0 Å². The highest BCUT2D eigenvalue weighted by atomic mass is 16.3. The van der Waals surface area contributed by atoms with E-state index in [9.17, 15) is 10.2 Å². The summed E-state index contributed by atoms with van der Waals surface area (Å²) in [5.74, 6) is -0.0237. The van der Waals surface area contributed by atoms with E-state index in [-0.39, 0.29) is 11.5 Å². The number of aromatic hydroxyl groups is 2. The maximum atomic E-state index is 9.48. The lowest BCUT2D eigenvalue weighted by atomic mass is 9.91. The first-order valence-corrected chi connectivity index (χ1v) is 5.50. The molecule has 1 aliphatic heterocycles. The lowest BCUT2D eigenvalue weighted by Gasteiger charge is -2.27. The van der Waals surface area contributed by atoms with E-state index in [0.29, 0.717) is 6.04 Å². The first-order valence-electron chi connectivity index (χ1n) is 5.50. The normalized spacial score (nSPS) is 19.9. The van der Waals surface area contributed by atoms with E-state index in [1.807, 2.05) is 0 Å². The van der Waals surface area contributed by atoms with Crippen LogP contribution in [0.5, 0.6) is 11.5 Å². The molecule has 82 valence electrons. The van der Waals surface area contributed by atoms with Gasteiger partial charge in [0.2, 0.25) is 0 Å². The van der Waals surface area contributed by atoms with Gasteiger partial charge in [0, 0.05) is 6.04 Å². The average Bonchev–Trinajstić information content (AvgIpc) is 2.21. The summed E-state index contributed by atoms with van der Waals surface area (Å²) >= 11 is 0. The number of hydrogen-bond donors (Lipinski definition) is 3. The van der Waals surface area contributed by atoms with Gasteiger partial charge in [-0.2, -0.15) is 0 Å². The Hall–Kier alpha value is -1.22. The molecule has 1 aliphatic rings. The van der Waals surface area contributed by atoms with Gasteiger partial charge in [0.15, 0.2) is 11.5 Å². The summed E-state index contributed by atoms with van der Waals surface area (Å²) in [5.41, 5.74) is 2.29. The minimum Gasteiger partial charge on any atom is -0.504 e. The van der Waals surface area contributed by atoms with Crippen LogP contribution in [0.25, 0.3) is 0 Å². The molecule has 0 spiro atoms. The molecule has 0 amide bonds. The molecule has 3 nitrogen and oxygen atoms in total. The fourth-order valence-electron chi connectivity index (χ4n) is 2.21. The highest BCUT2D eigenvalue weighted by Gasteiger charge is 2.20. The number of nitrogens with one attached hydrogen (secondary N) is 1. The molecule has 0 bridgehead atoms. The van der Waals surface area contributed by atoms with E-state index in [1.54, 1.807) is 12.1 Å². The van der Waals surface area contributed by atoms with Crippen molar-refractivity contribution >= 4 is 0 Å². The summed E-state index contributed by atoms with van der Waals surface area (Å²) < 4.78 is 0. The highest BCUT2D eigenvalue weighted by Crippen LogP contribution is 2.34. The summed E-state index contributed by atoms with van der Waals surface area (Å²) in [5, 5.41) is 22.3. The molecule has 1 atom stereocenters. The summed E-state index contributed by atoms with van der Waals surface area (Å²) in [7, 11) is 0. The fraction of sp³-hybridized carbons (Fsp3) is 0.500. The van der Waals surface area contributed by atoms with Gasteiger partial charge in [-0.15, -0.1) is 0 Å². The van der Waals surface area contributed by atoms with Crippen LogP contribution in [-0.4, -0.2) is 16.8 Å². The van der Waals surface area contributed by atoms with E-state index >= 15 is 0 Å². The Morgan fingerprint density at radius 2 is 2.07 bits per heavy atom. The Labute approximate surface area is 89.8 Å². The molecule has 3 N–H and O–H groups in total. The third-order valence-electron chi connectivity index (χ3n) is 2.97. The molecule has 0 aliphatic carbocycles. The van der Waals surface area contributed by atoms with Crippen LogP contribution in [0.4, 0.5) is 0 Å². The quantitative estimate of drug-likeness (QED) is 0.651. The van der Waals surface area contributed by atoms with Crippen molar-refractivity contribution in [3.05, 3.63) is 23.3 Å². The zero-order valence-electron chi connectivity index (χ0n) is 8.95. The van der Waals surface area contributed by atoms with Gasteiger partial charge in [0.25, 0.3) is 0 Å². The van der Waals surface area contributed by atoms with E-state index in [4.69, 9.17) is 0 Å². The predicted octanol–water partition coefficient (Wildman–Crippen LogP) is 2.08. The van der Waals surface area contributed by atoms with Crippen molar-refractivity contribution in [1.82, 2.24) is 5.32 Å². The van der Waals surface area contributed by atoms with Crippen LogP contribution in [0.2, 0.25) is 0 Å². The SMILES string of the molecule is CCCC1NCCc2cc(O)c(O)cc21. The smallest absolute Gasteiger partial charge is 0.157 e. The van der Waals surface area contributed by atoms with E-state index in [1.165, 1.54) is 0 Å². The van der Waals surface area contributed by atoms with Gasteiger partial charge in [-0.3, -0.25) is 0 Å². The number of phenolic OH excluding ortho intramolecular Hbond substituents is 2. The maximum Gasteiger partial charge on any atom is 0.157 e. The Balaban J connectivity index is 2.38. The van der Waals surface area contributed by atoms with E-state index in [0.717, 1.165) is 36.9 Å². The van der Waals surface area contributed by atoms with Crippen molar-refractivity contribution in [2.75, 3.05) is 6.54 Å². The molecule has 15 heavy (non-hydrogen) atoms. The largest absolute Gasteiger partial charge is 0.504 e. The molecule has 0 saturated heterocycles. The second-order valence-corrected chi connectivity index (χ2v) is 4.09. The van der Waals surface area contributed by atoms with Crippen molar-refractivity contribution in [2.24, 2.45) is 0 Å². The number of hydrogen-bond acceptors (Lipinski definition) is 3. The van der Waals surface area contributed by atoms with Crippen LogP contribution in [0.1, 0.15) is 36.9 Å². The van der Waals surface area contributed by atoms with Crippen LogP contribution < -0.4 is 5.32 Å². The lowest BCUT2D eigenvalue weighted by molar-refractivity contribution is 0.397. The van der Waals surface area contributed by atoms with E-state index in [2.05, 4.69) is 12.2 Å². The van der Waals surface area contributed by atoms with Gasteiger partial charge >= 0.3 is 0 Å². The Morgan fingerprint density at radius 1 is 1.33 bits per heavy atom. The van der Waals surface area contributed by atoms with Crippen LogP contribution in [-0.2, 0) is 6.42 Å². The molecular formula is C12H17NO2. The molecule has 0 aromatic heterocycles. The number of benzene rings is 1. The first kappa shape index (κ1) is 10.3. The third kappa shape index (κ3) is 1.92. The Kier molecular flexibility index (Phi) is 2.82. The number of fused-ring (bicyclic) bond motifs is 1. The average molecular weight is 207 g/mol. The topological polar surface area (TPSA) is 52.5 Å². The maximum absolute atomic E-state index is 9.48. The molecule has 3 heteroatoms. The van der Waals surface area contributed by atoms with Crippen LogP contribution in [0.3, 0.4) is 0 Å². The molecule has 0 fully saturated rings. The fourth-order valence-corrected chi connectivity index (χ4v) is 2.21. The zero-order chi connectivity index (χ0) is 10.8. The first-order chi connectivity index (χ1) is 7.22. The third-order valence-corrected chi connectivity index (χ3v) is 2.97. The summed E-state index contributed by atoms with van der Waals surface area (Å²) in [4.78, 5) is 0. The minimum absolute atomic E-state index is 0.00843. The highest BCUT2D eigenvalue weighted by molar-refractivity contribution is 5.47. The number of rotatable bonds is 2. The second-order valence-electron chi connectivity index (χ2n) is 4.09. The van der Waals surface area contributed by atoms with Crippen molar-refractivity contribution in [1.29, 1.82) is 0 Å². The molecule has 0 saturated carbocycles.